The third-order valence-electron chi connectivity index (χ3n) is 1.52. The van der Waals surface area contributed by atoms with Crippen LogP contribution in [0.2, 0.25) is 0 Å². The van der Waals surface area contributed by atoms with Gasteiger partial charge in [0.05, 0.1) is 6.10 Å². The van der Waals surface area contributed by atoms with E-state index in [4.69, 9.17) is 0 Å². The fraction of sp³-hybridized carbons (Fsp3) is 0.500. The number of hydrogen-bond acceptors (Lipinski definition) is 2. The molecule has 0 spiro atoms. The zero-order valence-electron chi connectivity index (χ0n) is 6.24. The lowest BCUT2D eigenvalue weighted by atomic mass is 10.0. The Morgan fingerprint density at radius 1 is 1.50 bits per heavy atom. The van der Waals surface area contributed by atoms with Crippen LogP contribution in [0.25, 0.3) is 0 Å². The van der Waals surface area contributed by atoms with Gasteiger partial charge in [-0.3, -0.25) is 0 Å². The number of rotatable bonds is 2. The van der Waals surface area contributed by atoms with Crippen molar-refractivity contribution in [2.45, 2.75) is 20.0 Å². The van der Waals surface area contributed by atoms with Gasteiger partial charge in [0.1, 0.15) is 0 Å². The molecule has 0 aliphatic carbocycles. The van der Waals surface area contributed by atoms with Crippen LogP contribution in [0.4, 0.5) is 0 Å². The fourth-order valence-electron chi connectivity index (χ4n) is 0.828. The average Bonchev–Trinajstić information content (AvgIpc) is 2.36. The number of hydrogen-bond donors (Lipinski definition) is 1. The minimum atomic E-state index is -0.286. The van der Waals surface area contributed by atoms with E-state index >= 15 is 0 Å². The van der Waals surface area contributed by atoms with Crippen LogP contribution >= 0.6 is 11.3 Å². The molecule has 0 radical (unpaired) electrons. The molecule has 10 heavy (non-hydrogen) atoms. The van der Waals surface area contributed by atoms with Gasteiger partial charge in [0.2, 0.25) is 0 Å². The topological polar surface area (TPSA) is 20.2 Å². The lowest BCUT2D eigenvalue weighted by molar-refractivity contribution is 0.127. The number of thiophene rings is 1. The molecule has 0 aromatic carbocycles. The predicted molar refractivity (Wildman–Crippen MR) is 44.1 cm³/mol. The van der Waals surface area contributed by atoms with Gasteiger partial charge in [-0.2, -0.15) is 11.3 Å². The standard InChI is InChI=1S/C8H12OS/c1-6(2)8(9)7-3-4-10-5-7/h3-6,8-9H,1-2H3/t8-/m0/s1. The maximum atomic E-state index is 9.49. The van der Waals surface area contributed by atoms with Crippen LogP contribution in [0.3, 0.4) is 0 Å². The summed E-state index contributed by atoms with van der Waals surface area (Å²) in [4.78, 5) is 0. The van der Waals surface area contributed by atoms with Crippen molar-refractivity contribution < 1.29 is 5.11 Å². The van der Waals surface area contributed by atoms with E-state index in [1.165, 1.54) is 0 Å². The van der Waals surface area contributed by atoms with Crippen molar-refractivity contribution in [3.05, 3.63) is 22.4 Å². The van der Waals surface area contributed by atoms with Crippen molar-refractivity contribution >= 4 is 11.3 Å². The van der Waals surface area contributed by atoms with Gasteiger partial charge in [-0.05, 0) is 28.3 Å². The molecule has 0 fully saturated rings. The normalized spacial score (nSPS) is 14.0. The van der Waals surface area contributed by atoms with Gasteiger partial charge < -0.3 is 5.11 Å². The van der Waals surface area contributed by atoms with Gasteiger partial charge >= 0.3 is 0 Å². The fourth-order valence-corrected chi connectivity index (χ4v) is 1.52. The van der Waals surface area contributed by atoms with Crippen LogP contribution in [-0.4, -0.2) is 5.11 Å². The molecule has 0 saturated heterocycles. The van der Waals surface area contributed by atoms with E-state index in [1.54, 1.807) is 11.3 Å². The Labute approximate surface area is 65.3 Å². The quantitative estimate of drug-likeness (QED) is 0.697. The highest BCUT2D eigenvalue weighted by Crippen LogP contribution is 2.22. The second-order valence-corrected chi connectivity index (χ2v) is 3.53. The van der Waals surface area contributed by atoms with E-state index < -0.39 is 0 Å². The number of aliphatic hydroxyl groups excluding tert-OH is 1. The molecule has 1 aromatic heterocycles. The smallest absolute Gasteiger partial charge is 0.0820 e. The average molecular weight is 156 g/mol. The first-order valence-corrected chi connectivity index (χ1v) is 4.36. The van der Waals surface area contributed by atoms with Gasteiger partial charge in [-0.15, -0.1) is 0 Å². The van der Waals surface area contributed by atoms with Crippen LogP contribution < -0.4 is 0 Å². The molecule has 0 amide bonds. The number of aliphatic hydroxyl groups is 1. The van der Waals surface area contributed by atoms with Crippen molar-refractivity contribution in [2.75, 3.05) is 0 Å². The van der Waals surface area contributed by atoms with E-state index in [9.17, 15) is 5.11 Å². The molecule has 0 bridgehead atoms. The largest absolute Gasteiger partial charge is 0.388 e. The summed E-state index contributed by atoms with van der Waals surface area (Å²) in [7, 11) is 0. The molecule has 0 aliphatic rings. The third kappa shape index (κ3) is 1.58. The molecule has 1 heterocycles. The highest BCUT2D eigenvalue weighted by atomic mass is 32.1. The summed E-state index contributed by atoms with van der Waals surface area (Å²) >= 11 is 1.63. The van der Waals surface area contributed by atoms with E-state index in [-0.39, 0.29) is 6.10 Å². The van der Waals surface area contributed by atoms with E-state index in [1.807, 2.05) is 30.7 Å². The summed E-state index contributed by atoms with van der Waals surface area (Å²) in [5.41, 5.74) is 1.04. The Morgan fingerprint density at radius 3 is 2.60 bits per heavy atom. The van der Waals surface area contributed by atoms with Crippen molar-refractivity contribution in [1.82, 2.24) is 0 Å². The van der Waals surface area contributed by atoms with Crippen molar-refractivity contribution in [2.24, 2.45) is 5.92 Å². The molecule has 0 saturated carbocycles. The lowest BCUT2D eigenvalue weighted by Gasteiger charge is -2.11. The Morgan fingerprint density at radius 2 is 2.20 bits per heavy atom. The van der Waals surface area contributed by atoms with E-state index in [0.717, 1.165) is 5.56 Å². The Balaban J connectivity index is 2.68. The van der Waals surface area contributed by atoms with Crippen LogP contribution in [0.1, 0.15) is 25.5 Å². The van der Waals surface area contributed by atoms with Crippen molar-refractivity contribution in [3.63, 3.8) is 0 Å². The summed E-state index contributed by atoms with van der Waals surface area (Å²) in [6.45, 7) is 4.03. The van der Waals surface area contributed by atoms with Gasteiger partial charge in [-0.1, -0.05) is 13.8 Å². The first-order chi connectivity index (χ1) is 4.72. The monoisotopic (exact) mass is 156 g/mol. The van der Waals surface area contributed by atoms with Crippen LogP contribution in [0.5, 0.6) is 0 Å². The maximum Gasteiger partial charge on any atom is 0.0820 e. The Bertz CT molecular complexity index is 179. The molecule has 1 rings (SSSR count). The minimum Gasteiger partial charge on any atom is -0.388 e. The molecular weight excluding hydrogens is 144 g/mol. The highest BCUT2D eigenvalue weighted by molar-refractivity contribution is 7.07. The molecular formula is C8H12OS. The second kappa shape index (κ2) is 3.17. The van der Waals surface area contributed by atoms with Gasteiger partial charge in [0, 0.05) is 0 Å². The minimum absolute atomic E-state index is 0.286. The van der Waals surface area contributed by atoms with Crippen LogP contribution in [-0.2, 0) is 0 Å². The van der Waals surface area contributed by atoms with E-state index in [0.29, 0.717) is 5.92 Å². The van der Waals surface area contributed by atoms with Crippen LogP contribution in [0.15, 0.2) is 16.8 Å². The second-order valence-electron chi connectivity index (χ2n) is 2.75. The van der Waals surface area contributed by atoms with E-state index in [2.05, 4.69) is 0 Å². The van der Waals surface area contributed by atoms with Gasteiger partial charge in [-0.25, -0.2) is 0 Å². The third-order valence-corrected chi connectivity index (χ3v) is 2.22. The van der Waals surface area contributed by atoms with Crippen molar-refractivity contribution in [3.8, 4) is 0 Å². The zero-order chi connectivity index (χ0) is 7.56. The first kappa shape index (κ1) is 7.76. The molecule has 0 aliphatic heterocycles. The zero-order valence-corrected chi connectivity index (χ0v) is 7.06. The predicted octanol–water partition coefficient (Wildman–Crippen LogP) is 2.44. The van der Waals surface area contributed by atoms with Gasteiger partial charge in [0.15, 0.2) is 0 Å². The molecule has 1 nitrogen and oxygen atoms in total. The molecule has 1 atom stereocenters. The summed E-state index contributed by atoms with van der Waals surface area (Å²) in [6.07, 6.45) is -0.286. The van der Waals surface area contributed by atoms with Gasteiger partial charge in [0.25, 0.3) is 0 Å². The Kier molecular flexibility index (Phi) is 2.46. The summed E-state index contributed by atoms with van der Waals surface area (Å²) in [6, 6.07) is 1.97. The molecule has 1 N–H and O–H groups in total. The van der Waals surface area contributed by atoms with Crippen LogP contribution in [0, 0.1) is 5.92 Å². The molecule has 1 aromatic rings. The summed E-state index contributed by atoms with van der Waals surface area (Å²) < 4.78 is 0. The maximum absolute atomic E-state index is 9.49. The lowest BCUT2D eigenvalue weighted by Crippen LogP contribution is -2.03. The molecule has 2 heteroatoms. The highest BCUT2D eigenvalue weighted by Gasteiger charge is 2.10. The SMILES string of the molecule is CC(C)[C@H](O)c1ccsc1. The molecule has 0 unspecified atom stereocenters. The summed E-state index contributed by atoms with van der Waals surface area (Å²) in [5, 5.41) is 13.5. The summed E-state index contributed by atoms with van der Waals surface area (Å²) in [5.74, 6) is 0.314. The first-order valence-electron chi connectivity index (χ1n) is 3.42. The molecule has 56 valence electrons. The van der Waals surface area contributed by atoms with Crippen molar-refractivity contribution in [1.29, 1.82) is 0 Å². The Hall–Kier alpha value is -0.340.